The Morgan fingerprint density at radius 1 is 1.33 bits per heavy atom. The first kappa shape index (κ1) is 18.4. The number of halogens is 3. The van der Waals surface area contributed by atoms with Crippen molar-refractivity contribution in [2.45, 2.75) is 31.2 Å². The number of hydrogen-bond acceptors (Lipinski definition) is 4. The van der Waals surface area contributed by atoms with E-state index in [0.29, 0.717) is 12.2 Å². The number of carboxylic acids is 1. The fraction of sp³-hybridized carbons (Fsp3) is 0.467. The maximum absolute atomic E-state index is 12.4. The molecule has 132 valence electrons. The van der Waals surface area contributed by atoms with Crippen LogP contribution in [-0.4, -0.2) is 40.4 Å². The Balaban J connectivity index is 1.98. The van der Waals surface area contributed by atoms with Gasteiger partial charge in [0.25, 0.3) is 0 Å². The van der Waals surface area contributed by atoms with Crippen LogP contribution in [0.25, 0.3) is 0 Å². The van der Waals surface area contributed by atoms with Crippen molar-refractivity contribution in [3.8, 4) is 5.75 Å². The van der Waals surface area contributed by atoms with Gasteiger partial charge in [-0.25, -0.2) is 4.79 Å². The molecule has 1 aliphatic heterocycles. The second-order valence-corrected chi connectivity index (χ2v) is 6.50. The van der Waals surface area contributed by atoms with Crippen molar-refractivity contribution in [3.63, 3.8) is 0 Å². The lowest BCUT2D eigenvalue weighted by Crippen LogP contribution is -2.54. The van der Waals surface area contributed by atoms with Crippen LogP contribution in [0.2, 0.25) is 0 Å². The third-order valence-corrected chi connectivity index (χ3v) is 4.82. The number of benzene rings is 1. The predicted octanol–water partition coefficient (Wildman–Crippen LogP) is 2.59. The summed E-state index contributed by atoms with van der Waals surface area (Å²) in [5, 5.41) is 11.8. The molecule has 1 aromatic carbocycles. The summed E-state index contributed by atoms with van der Waals surface area (Å²) < 4.78 is 41.0. The van der Waals surface area contributed by atoms with Crippen LogP contribution in [0, 0.1) is 0 Å². The van der Waals surface area contributed by atoms with E-state index in [0.717, 1.165) is 0 Å². The molecule has 24 heavy (non-hydrogen) atoms. The van der Waals surface area contributed by atoms with Crippen LogP contribution in [0.15, 0.2) is 24.3 Å². The second-order valence-electron chi connectivity index (χ2n) is 5.39. The quantitative estimate of drug-likeness (QED) is 0.813. The van der Waals surface area contributed by atoms with Gasteiger partial charge < -0.3 is 15.2 Å². The van der Waals surface area contributed by atoms with Crippen molar-refractivity contribution in [2.24, 2.45) is 0 Å². The number of thioether (sulfide) groups is 1. The van der Waals surface area contributed by atoms with Crippen molar-refractivity contribution < 1.29 is 32.6 Å². The molecule has 1 unspecified atom stereocenters. The Hall–Kier alpha value is -1.90. The lowest BCUT2D eigenvalue weighted by Gasteiger charge is -2.24. The van der Waals surface area contributed by atoms with E-state index in [1.165, 1.54) is 30.0 Å². The molecule has 1 fully saturated rings. The number of para-hydroxylation sites is 1. The van der Waals surface area contributed by atoms with Gasteiger partial charge >= 0.3 is 12.3 Å². The number of carbonyl (C=O) groups is 2. The topological polar surface area (TPSA) is 75.6 Å². The number of alkyl halides is 3. The molecule has 1 amide bonds. The molecule has 2 rings (SSSR count). The van der Waals surface area contributed by atoms with Gasteiger partial charge in [-0.1, -0.05) is 18.2 Å². The largest absolute Gasteiger partial charge is 0.573 e. The average molecular weight is 363 g/mol. The van der Waals surface area contributed by atoms with Crippen molar-refractivity contribution in [1.82, 2.24) is 5.32 Å². The summed E-state index contributed by atoms with van der Waals surface area (Å²) in [7, 11) is 0. The zero-order chi connectivity index (χ0) is 17.8. The summed E-state index contributed by atoms with van der Waals surface area (Å²) in [4.78, 5) is 23.4. The highest BCUT2D eigenvalue weighted by Gasteiger charge is 2.43. The van der Waals surface area contributed by atoms with E-state index in [9.17, 15) is 27.9 Å². The number of aliphatic carboxylic acids is 1. The van der Waals surface area contributed by atoms with E-state index < -0.39 is 23.8 Å². The van der Waals surface area contributed by atoms with E-state index in [1.54, 1.807) is 6.07 Å². The molecule has 2 N–H and O–H groups in total. The van der Waals surface area contributed by atoms with Gasteiger partial charge in [-0.2, -0.15) is 11.8 Å². The molecule has 1 heterocycles. The number of nitrogens with one attached hydrogen (secondary N) is 1. The number of aryl methyl sites for hydroxylation is 1. The highest BCUT2D eigenvalue weighted by atomic mass is 32.2. The molecule has 0 saturated carbocycles. The van der Waals surface area contributed by atoms with Crippen LogP contribution in [0.3, 0.4) is 0 Å². The summed E-state index contributed by atoms with van der Waals surface area (Å²) in [6, 6.07) is 5.56. The van der Waals surface area contributed by atoms with Crippen LogP contribution in [0.4, 0.5) is 13.2 Å². The first-order valence-electron chi connectivity index (χ1n) is 7.18. The molecule has 1 aliphatic rings. The first-order chi connectivity index (χ1) is 11.2. The maximum Gasteiger partial charge on any atom is 0.573 e. The van der Waals surface area contributed by atoms with Crippen LogP contribution >= 0.6 is 11.8 Å². The number of carbonyl (C=O) groups excluding carboxylic acids is 1. The smallest absolute Gasteiger partial charge is 0.479 e. The second kappa shape index (κ2) is 7.33. The van der Waals surface area contributed by atoms with E-state index >= 15 is 0 Å². The van der Waals surface area contributed by atoms with Crippen molar-refractivity contribution in [3.05, 3.63) is 29.8 Å². The third-order valence-electron chi connectivity index (χ3n) is 3.63. The number of amides is 1. The summed E-state index contributed by atoms with van der Waals surface area (Å²) in [6.07, 6.45) is -4.60. The van der Waals surface area contributed by atoms with Crippen molar-refractivity contribution in [2.75, 3.05) is 11.5 Å². The summed E-state index contributed by atoms with van der Waals surface area (Å²) in [5.74, 6) is -1.05. The monoisotopic (exact) mass is 363 g/mol. The Labute approximate surface area is 140 Å². The molecule has 0 spiro atoms. The number of carboxylic acid groups (broad SMARTS) is 1. The van der Waals surface area contributed by atoms with Crippen LogP contribution in [0.1, 0.15) is 18.4 Å². The normalized spacial score (nSPS) is 20.6. The highest BCUT2D eigenvalue weighted by Crippen LogP contribution is 2.29. The summed E-state index contributed by atoms with van der Waals surface area (Å²) in [5.41, 5.74) is -1.06. The number of ether oxygens (including phenoxy) is 1. The van der Waals surface area contributed by atoms with Gasteiger partial charge in [0.1, 0.15) is 11.3 Å². The van der Waals surface area contributed by atoms with E-state index in [4.69, 9.17) is 0 Å². The first-order valence-corrected chi connectivity index (χ1v) is 8.33. The summed E-state index contributed by atoms with van der Waals surface area (Å²) in [6.45, 7) is 0. The van der Waals surface area contributed by atoms with Gasteiger partial charge in [0.2, 0.25) is 5.91 Å². The zero-order valence-corrected chi connectivity index (χ0v) is 13.4. The predicted molar refractivity (Wildman–Crippen MR) is 81.9 cm³/mol. The molecule has 0 aromatic heterocycles. The van der Waals surface area contributed by atoms with Gasteiger partial charge in [0.15, 0.2) is 0 Å². The minimum atomic E-state index is -4.81. The standard InChI is InChI=1S/C15H16F3NO4S/c16-15(17,18)23-11-4-2-1-3-10(11)5-6-12(20)19-14(13(21)22)7-8-24-9-14/h1-4H,5-9H2,(H,19,20)(H,21,22). The average Bonchev–Trinajstić information content (AvgIpc) is 2.94. The number of rotatable bonds is 6. The van der Waals surface area contributed by atoms with Crippen LogP contribution < -0.4 is 10.1 Å². The number of hydrogen-bond donors (Lipinski definition) is 2. The van der Waals surface area contributed by atoms with E-state index in [-0.39, 0.29) is 29.9 Å². The third kappa shape index (κ3) is 4.80. The molecule has 1 saturated heterocycles. The lowest BCUT2D eigenvalue weighted by molar-refractivity contribution is -0.274. The van der Waals surface area contributed by atoms with Crippen LogP contribution in [-0.2, 0) is 16.0 Å². The Morgan fingerprint density at radius 3 is 2.62 bits per heavy atom. The highest BCUT2D eigenvalue weighted by molar-refractivity contribution is 7.99. The molecule has 1 aromatic rings. The maximum atomic E-state index is 12.4. The van der Waals surface area contributed by atoms with Crippen molar-refractivity contribution >= 4 is 23.6 Å². The molecule has 0 radical (unpaired) electrons. The molecular weight excluding hydrogens is 347 g/mol. The Kier molecular flexibility index (Phi) is 5.63. The fourth-order valence-corrected chi connectivity index (χ4v) is 3.72. The van der Waals surface area contributed by atoms with Gasteiger partial charge in [-0.15, -0.1) is 13.2 Å². The van der Waals surface area contributed by atoms with Crippen molar-refractivity contribution in [1.29, 1.82) is 0 Å². The molecular formula is C15H16F3NO4S. The molecule has 0 bridgehead atoms. The molecule has 0 aliphatic carbocycles. The minimum Gasteiger partial charge on any atom is -0.479 e. The minimum absolute atomic E-state index is 0.0148. The van der Waals surface area contributed by atoms with Gasteiger partial charge in [-0.05, 0) is 30.2 Å². The summed E-state index contributed by atoms with van der Waals surface area (Å²) >= 11 is 1.43. The fourth-order valence-electron chi connectivity index (χ4n) is 2.40. The van der Waals surface area contributed by atoms with Gasteiger partial charge in [-0.3, -0.25) is 4.79 Å². The van der Waals surface area contributed by atoms with E-state index in [2.05, 4.69) is 10.1 Å². The molecule has 1 atom stereocenters. The molecule has 5 nitrogen and oxygen atoms in total. The van der Waals surface area contributed by atoms with Gasteiger partial charge in [0.05, 0.1) is 0 Å². The zero-order valence-electron chi connectivity index (χ0n) is 12.6. The van der Waals surface area contributed by atoms with E-state index in [1.807, 2.05) is 0 Å². The van der Waals surface area contributed by atoms with Crippen LogP contribution in [0.5, 0.6) is 5.75 Å². The molecule has 9 heteroatoms. The SMILES string of the molecule is O=C(CCc1ccccc1OC(F)(F)F)NC1(C(=O)O)CCSC1. The Morgan fingerprint density at radius 2 is 2.04 bits per heavy atom. The Bertz CT molecular complexity index is 615. The van der Waals surface area contributed by atoms with Gasteiger partial charge in [0, 0.05) is 12.2 Å². The lowest BCUT2D eigenvalue weighted by atomic mass is 9.98.